The minimum Gasteiger partial charge on any atom is -0.464 e. The Kier molecular flexibility index (Phi) is 5.12. The van der Waals surface area contributed by atoms with Crippen molar-refractivity contribution in [3.05, 3.63) is 36.1 Å². The molecular weight excluding hydrogens is 364 g/mol. The van der Waals surface area contributed by atoms with Crippen LogP contribution in [0.1, 0.15) is 50.5 Å². The van der Waals surface area contributed by atoms with E-state index in [0.29, 0.717) is 12.5 Å². The van der Waals surface area contributed by atoms with Gasteiger partial charge in [-0.3, -0.25) is 9.69 Å². The third-order valence-corrected chi connectivity index (χ3v) is 7.53. The summed E-state index contributed by atoms with van der Waals surface area (Å²) in [7, 11) is 2.01. The second kappa shape index (κ2) is 7.77. The SMILES string of the molecule is CN(C(=O)Cc1cccc2occc12)[C@H]1C[C@@]2(CCCO2)CC[C@@H]1N1CCCC1. The van der Waals surface area contributed by atoms with Crippen LogP contribution in [-0.4, -0.2) is 60.1 Å². The Bertz CT molecular complexity index is 864. The summed E-state index contributed by atoms with van der Waals surface area (Å²) in [6.45, 7) is 3.22. The molecule has 3 atom stereocenters. The number of hydrogen-bond donors (Lipinski definition) is 0. The van der Waals surface area contributed by atoms with Crippen molar-refractivity contribution >= 4 is 16.9 Å². The number of furan rings is 1. The molecule has 1 saturated carbocycles. The van der Waals surface area contributed by atoms with Gasteiger partial charge in [0.2, 0.25) is 5.91 Å². The molecule has 1 aromatic carbocycles. The summed E-state index contributed by atoms with van der Waals surface area (Å²) in [5.41, 5.74) is 1.90. The van der Waals surface area contributed by atoms with Crippen molar-refractivity contribution in [1.82, 2.24) is 9.80 Å². The Labute approximate surface area is 173 Å². The van der Waals surface area contributed by atoms with E-state index >= 15 is 0 Å². The number of carbonyl (C=O) groups excluding carboxylic acids is 1. The van der Waals surface area contributed by atoms with E-state index in [1.807, 2.05) is 36.2 Å². The number of amides is 1. The molecule has 5 heteroatoms. The van der Waals surface area contributed by atoms with Gasteiger partial charge in [0.1, 0.15) is 5.58 Å². The summed E-state index contributed by atoms with van der Waals surface area (Å²) >= 11 is 0. The molecule has 0 bridgehead atoms. The lowest BCUT2D eigenvalue weighted by atomic mass is 9.76. The first-order chi connectivity index (χ1) is 14.2. The second-order valence-corrected chi connectivity index (χ2v) is 9.19. The van der Waals surface area contributed by atoms with Crippen molar-refractivity contribution in [2.45, 2.75) is 69.1 Å². The van der Waals surface area contributed by atoms with Gasteiger partial charge in [0.25, 0.3) is 0 Å². The van der Waals surface area contributed by atoms with E-state index in [0.717, 1.165) is 55.2 Å². The van der Waals surface area contributed by atoms with E-state index in [1.54, 1.807) is 6.26 Å². The zero-order chi connectivity index (χ0) is 19.8. The van der Waals surface area contributed by atoms with Crippen LogP contribution in [0.4, 0.5) is 0 Å². The normalized spacial score (nSPS) is 30.4. The molecule has 3 heterocycles. The minimum absolute atomic E-state index is 0.00000265. The van der Waals surface area contributed by atoms with Crippen molar-refractivity contribution < 1.29 is 13.9 Å². The molecule has 5 nitrogen and oxygen atoms in total. The van der Waals surface area contributed by atoms with Crippen LogP contribution in [-0.2, 0) is 16.0 Å². The first-order valence-corrected chi connectivity index (χ1v) is 11.2. The summed E-state index contributed by atoms with van der Waals surface area (Å²) in [4.78, 5) is 18.1. The summed E-state index contributed by atoms with van der Waals surface area (Å²) in [5.74, 6) is 0.197. The van der Waals surface area contributed by atoms with Gasteiger partial charge in [0.15, 0.2) is 0 Å². The van der Waals surface area contributed by atoms with E-state index in [1.165, 1.54) is 25.9 Å². The zero-order valence-electron chi connectivity index (χ0n) is 17.4. The van der Waals surface area contributed by atoms with Gasteiger partial charge in [0.05, 0.1) is 18.3 Å². The lowest BCUT2D eigenvalue weighted by Gasteiger charge is -2.48. The fraction of sp³-hybridized carbons (Fsp3) is 0.625. The molecule has 5 rings (SSSR count). The maximum atomic E-state index is 13.4. The fourth-order valence-corrected chi connectivity index (χ4v) is 5.91. The Morgan fingerprint density at radius 2 is 2.07 bits per heavy atom. The van der Waals surface area contributed by atoms with Crippen molar-refractivity contribution in [1.29, 1.82) is 0 Å². The average Bonchev–Trinajstić information content (AvgIpc) is 3.50. The average molecular weight is 397 g/mol. The Hall–Kier alpha value is -1.85. The molecule has 0 unspecified atom stereocenters. The second-order valence-electron chi connectivity index (χ2n) is 9.19. The molecule has 156 valence electrons. The number of likely N-dealkylation sites (tertiary alicyclic amines) is 1. The number of carbonyl (C=O) groups is 1. The first-order valence-electron chi connectivity index (χ1n) is 11.2. The van der Waals surface area contributed by atoms with E-state index < -0.39 is 0 Å². The molecule has 1 aromatic heterocycles. The van der Waals surface area contributed by atoms with Crippen LogP contribution in [0.2, 0.25) is 0 Å². The van der Waals surface area contributed by atoms with Crippen LogP contribution < -0.4 is 0 Å². The molecule has 0 N–H and O–H groups in total. The van der Waals surface area contributed by atoms with Crippen molar-refractivity contribution in [2.24, 2.45) is 0 Å². The number of nitrogens with zero attached hydrogens (tertiary/aromatic N) is 2. The maximum absolute atomic E-state index is 13.4. The highest BCUT2D eigenvalue weighted by Gasteiger charge is 2.47. The summed E-state index contributed by atoms with van der Waals surface area (Å²) in [5, 5.41) is 1.05. The van der Waals surface area contributed by atoms with E-state index in [2.05, 4.69) is 4.90 Å². The number of hydrogen-bond acceptors (Lipinski definition) is 4. The fourth-order valence-electron chi connectivity index (χ4n) is 5.91. The van der Waals surface area contributed by atoms with E-state index in [4.69, 9.17) is 9.15 Å². The van der Waals surface area contributed by atoms with Crippen molar-refractivity contribution in [3.8, 4) is 0 Å². The molecule has 2 aromatic rings. The lowest BCUT2D eigenvalue weighted by Crippen LogP contribution is -2.58. The predicted octanol–water partition coefficient (Wildman–Crippen LogP) is 4.00. The van der Waals surface area contributed by atoms with Crippen LogP contribution in [0.3, 0.4) is 0 Å². The van der Waals surface area contributed by atoms with Crippen LogP contribution in [0.5, 0.6) is 0 Å². The molecular formula is C24H32N2O3. The van der Waals surface area contributed by atoms with Gasteiger partial charge in [-0.05, 0) is 75.7 Å². The molecule has 2 saturated heterocycles. The topological polar surface area (TPSA) is 45.9 Å². The molecule has 3 fully saturated rings. The first kappa shape index (κ1) is 19.1. The smallest absolute Gasteiger partial charge is 0.227 e. The van der Waals surface area contributed by atoms with Crippen molar-refractivity contribution in [2.75, 3.05) is 26.7 Å². The van der Waals surface area contributed by atoms with Crippen molar-refractivity contribution in [3.63, 3.8) is 0 Å². The standard InChI is InChI=1S/C24H32N2O3/c1-25(23(27)16-18-6-4-7-22-19(18)9-15-28-22)21-17-24(10-5-14-29-24)11-8-20(21)26-12-2-3-13-26/h4,6-7,9,15,20-21H,2-3,5,8,10-14,16-17H2,1H3/t20-,21-,24+/m0/s1. The monoisotopic (exact) mass is 396 g/mol. The highest BCUT2D eigenvalue weighted by molar-refractivity contribution is 5.87. The molecule has 2 aliphatic heterocycles. The van der Waals surface area contributed by atoms with Crippen LogP contribution >= 0.6 is 0 Å². The van der Waals surface area contributed by atoms with Gasteiger partial charge in [-0.2, -0.15) is 0 Å². The largest absolute Gasteiger partial charge is 0.464 e. The number of likely N-dealkylation sites (N-methyl/N-ethyl adjacent to an activating group) is 1. The Morgan fingerprint density at radius 1 is 1.21 bits per heavy atom. The van der Waals surface area contributed by atoms with Crippen LogP contribution in [0.25, 0.3) is 11.0 Å². The van der Waals surface area contributed by atoms with E-state index in [-0.39, 0.29) is 17.6 Å². The minimum atomic E-state index is 0.00000265. The Balaban J connectivity index is 1.37. The molecule has 1 aliphatic carbocycles. The molecule has 0 radical (unpaired) electrons. The van der Waals surface area contributed by atoms with Crippen LogP contribution in [0, 0.1) is 0 Å². The number of rotatable bonds is 4. The van der Waals surface area contributed by atoms with Gasteiger partial charge in [-0.1, -0.05) is 12.1 Å². The number of benzene rings is 1. The number of ether oxygens (including phenoxy) is 1. The highest BCUT2D eigenvalue weighted by Crippen LogP contribution is 2.43. The lowest BCUT2D eigenvalue weighted by molar-refractivity contribution is -0.137. The molecule has 3 aliphatic rings. The van der Waals surface area contributed by atoms with Gasteiger partial charge in [-0.25, -0.2) is 0 Å². The summed E-state index contributed by atoms with van der Waals surface area (Å²) in [6, 6.07) is 8.64. The summed E-state index contributed by atoms with van der Waals surface area (Å²) in [6.07, 6.45) is 10.2. The molecule has 29 heavy (non-hydrogen) atoms. The van der Waals surface area contributed by atoms with E-state index in [9.17, 15) is 4.79 Å². The van der Waals surface area contributed by atoms with Gasteiger partial charge < -0.3 is 14.1 Å². The maximum Gasteiger partial charge on any atom is 0.227 e. The quantitative estimate of drug-likeness (QED) is 0.784. The molecule has 1 amide bonds. The highest BCUT2D eigenvalue weighted by atomic mass is 16.5. The number of fused-ring (bicyclic) bond motifs is 1. The van der Waals surface area contributed by atoms with Gasteiger partial charge in [-0.15, -0.1) is 0 Å². The Morgan fingerprint density at radius 3 is 2.86 bits per heavy atom. The predicted molar refractivity (Wildman–Crippen MR) is 113 cm³/mol. The molecule has 1 spiro atoms. The van der Waals surface area contributed by atoms with Crippen LogP contribution in [0.15, 0.2) is 34.9 Å². The van der Waals surface area contributed by atoms with Gasteiger partial charge in [0, 0.05) is 31.1 Å². The third kappa shape index (κ3) is 3.59. The zero-order valence-corrected chi connectivity index (χ0v) is 17.4. The third-order valence-electron chi connectivity index (χ3n) is 7.53. The summed E-state index contributed by atoms with van der Waals surface area (Å²) < 4.78 is 11.8. The van der Waals surface area contributed by atoms with Gasteiger partial charge >= 0.3 is 0 Å².